The van der Waals surface area contributed by atoms with E-state index in [1.54, 1.807) is 0 Å². The maximum absolute atomic E-state index is 11.0. The Hall–Kier alpha value is -0.860. The molecule has 1 aromatic rings. The van der Waals surface area contributed by atoms with Gasteiger partial charge in [-0.15, -0.1) is 0 Å². The molecule has 2 heteroatoms. The van der Waals surface area contributed by atoms with E-state index < -0.39 is 5.60 Å². The minimum atomic E-state index is -0.857. The number of hydrogen-bond donors (Lipinski definition) is 2. The molecule has 0 saturated heterocycles. The first-order chi connectivity index (χ1) is 8.56. The van der Waals surface area contributed by atoms with Crippen LogP contribution in [0.25, 0.3) is 0 Å². The van der Waals surface area contributed by atoms with Gasteiger partial charge >= 0.3 is 0 Å². The molecule has 3 N–H and O–H groups in total. The van der Waals surface area contributed by atoms with Crippen molar-refractivity contribution in [2.75, 3.05) is 6.54 Å². The summed E-state index contributed by atoms with van der Waals surface area (Å²) in [4.78, 5) is 0. The summed E-state index contributed by atoms with van der Waals surface area (Å²) in [5.41, 5.74) is 6.02. The highest BCUT2D eigenvalue weighted by Crippen LogP contribution is 2.42. The molecule has 0 aliphatic heterocycles. The molecule has 1 saturated carbocycles. The lowest BCUT2D eigenvalue weighted by Crippen LogP contribution is -2.45. The molecule has 0 bridgehead atoms. The van der Waals surface area contributed by atoms with Crippen LogP contribution in [0.2, 0.25) is 0 Å². The summed E-state index contributed by atoms with van der Waals surface area (Å²) < 4.78 is 0. The molecular formula is C16H25NO. The van der Waals surface area contributed by atoms with Gasteiger partial charge in [-0.05, 0) is 42.6 Å². The molecule has 1 aliphatic rings. The summed E-state index contributed by atoms with van der Waals surface area (Å²) in [6, 6.07) is 9.93. The van der Waals surface area contributed by atoms with E-state index in [-0.39, 0.29) is 5.92 Å². The third-order valence-electron chi connectivity index (χ3n) is 4.44. The summed E-state index contributed by atoms with van der Waals surface area (Å²) in [6.07, 6.45) is 3.42. The molecule has 0 amide bonds. The van der Waals surface area contributed by atoms with Gasteiger partial charge in [-0.25, -0.2) is 0 Å². The van der Waals surface area contributed by atoms with Gasteiger partial charge in [0.15, 0.2) is 0 Å². The zero-order valence-corrected chi connectivity index (χ0v) is 11.5. The molecule has 2 rings (SSSR count). The minimum Gasteiger partial charge on any atom is -0.384 e. The fourth-order valence-corrected chi connectivity index (χ4v) is 3.58. The van der Waals surface area contributed by atoms with Crippen molar-refractivity contribution in [1.82, 2.24) is 0 Å². The van der Waals surface area contributed by atoms with E-state index in [2.05, 4.69) is 13.8 Å². The molecule has 3 atom stereocenters. The predicted octanol–water partition coefficient (Wildman–Crippen LogP) is 2.91. The van der Waals surface area contributed by atoms with Crippen LogP contribution in [0.3, 0.4) is 0 Å². The van der Waals surface area contributed by atoms with Crippen LogP contribution in [0.1, 0.15) is 38.7 Å². The minimum absolute atomic E-state index is 0.281. The summed E-state index contributed by atoms with van der Waals surface area (Å²) in [7, 11) is 0. The first-order valence-corrected chi connectivity index (χ1v) is 7.04. The molecule has 1 fully saturated rings. The summed E-state index contributed by atoms with van der Waals surface area (Å²) >= 11 is 0. The standard InChI is InChI=1S/C16H25NO/c1-12-8-13(2)10-15(9-12)16(18,11-17)14-6-4-3-5-7-14/h3-7,12-13,15,18H,8-11,17H2,1-2H3. The number of benzene rings is 1. The van der Waals surface area contributed by atoms with Crippen molar-refractivity contribution in [3.05, 3.63) is 35.9 Å². The van der Waals surface area contributed by atoms with Crippen LogP contribution in [0, 0.1) is 17.8 Å². The van der Waals surface area contributed by atoms with Gasteiger partial charge in [-0.1, -0.05) is 44.2 Å². The highest BCUT2D eigenvalue weighted by molar-refractivity contribution is 5.24. The molecule has 1 aliphatic carbocycles. The highest BCUT2D eigenvalue weighted by atomic mass is 16.3. The zero-order chi connectivity index (χ0) is 13.2. The second kappa shape index (κ2) is 5.41. The van der Waals surface area contributed by atoms with Crippen molar-refractivity contribution in [2.45, 2.75) is 38.7 Å². The Labute approximate surface area is 110 Å². The first-order valence-electron chi connectivity index (χ1n) is 7.04. The van der Waals surface area contributed by atoms with Gasteiger partial charge in [0.25, 0.3) is 0 Å². The van der Waals surface area contributed by atoms with E-state index >= 15 is 0 Å². The van der Waals surface area contributed by atoms with Crippen molar-refractivity contribution in [3.8, 4) is 0 Å². The van der Waals surface area contributed by atoms with E-state index in [1.165, 1.54) is 6.42 Å². The normalized spacial score (nSPS) is 31.9. The van der Waals surface area contributed by atoms with E-state index in [0.717, 1.165) is 18.4 Å². The highest BCUT2D eigenvalue weighted by Gasteiger charge is 2.40. The van der Waals surface area contributed by atoms with E-state index in [0.29, 0.717) is 18.4 Å². The number of hydrogen-bond acceptors (Lipinski definition) is 2. The lowest BCUT2D eigenvalue weighted by atomic mass is 9.67. The fraction of sp³-hybridized carbons (Fsp3) is 0.625. The summed E-state index contributed by atoms with van der Waals surface area (Å²) in [5.74, 6) is 1.64. The van der Waals surface area contributed by atoms with Crippen LogP contribution < -0.4 is 5.73 Å². The molecule has 0 radical (unpaired) electrons. The Morgan fingerprint density at radius 1 is 1.11 bits per heavy atom. The SMILES string of the molecule is CC1CC(C)CC(C(O)(CN)c2ccccc2)C1. The Balaban J connectivity index is 2.26. The van der Waals surface area contributed by atoms with Crippen LogP contribution in [-0.2, 0) is 5.60 Å². The molecule has 1 aromatic carbocycles. The predicted molar refractivity (Wildman–Crippen MR) is 75.1 cm³/mol. The van der Waals surface area contributed by atoms with Gasteiger partial charge in [-0.3, -0.25) is 0 Å². The quantitative estimate of drug-likeness (QED) is 0.862. The van der Waals surface area contributed by atoms with Gasteiger partial charge in [0.1, 0.15) is 5.60 Å². The average Bonchev–Trinajstić information content (AvgIpc) is 2.37. The van der Waals surface area contributed by atoms with Crippen molar-refractivity contribution in [2.24, 2.45) is 23.5 Å². The van der Waals surface area contributed by atoms with Crippen LogP contribution in [-0.4, -0.2) is 11.7 Å². The largest absolute Gasteiger partial charge is 0.384 e. The first kappa shape index (κ1) is 13.6. The average molecular weight is 247 g/mol. The lowest BCUT2D eigenvalue weighted by molar-refractivity contribution is -0.0467. The fourth-order valence-electron chi connectivity index (χ4n) is 3.58. The Morgan fingerprint density at radius 2 is 1.67 bits per heavy atom. The van der Waals surface area contributed by atoms with Crippen molar-refractivity contribution in [1.29, 1.82) is 0 Å². The Morgan fingerprint density at radius 3 is 2.17 bits per heavy atom. The summed E-state index contributed by atoms with van der Waals surface area (Å²) in [6.45, 7) is 4.87. The van der Waals surface area contributed by atoms with Gasteiger partial charge in [0.2, 0.25) is 0 Å². The number of aliphatic hydroxyl groups is 1. The van der Waals surface area contributed by atoms with E-state index in [1.807, 2.05) is 30.3 Å². The van der Waals surface area contributed by atoms with Crippen LogP contribution in [0.5, 0.6) is 0 Å². The van der Waals surface area contributed by atoms with Crippen molar-refractivity contribution < 1.29 is 5.11 Å². The zero-order valence-electron chi connectivity index (χ0n) is 11.5. The molecular weight excluding hydrogens is 222 g/mol. The maximum Gasteiger partial charge on any atom is 0.105 e. The number of nitrogens with two attached hydrogens (primary N) is 1. The third kappa shape index (κ3) is 2.60. The molecule has 18 heavy (non-hydrogen) atoms. The second-order valence-corrected chi connectivity index (χ2v) is 6.11. The summed E-state index contributed by atoms with van der Waals surface area (Å²) in [5, 5.41) is 11.0. The number of rotatable bonds is 3. The van der Waals surface area contributed by atoms with Gasteiger partial charge in [0.05, 0.1) is 0 Å². The van der Waals surface area contributed by atoms with E-state index in [4.69, 9.17) is 5.73 Å². The Kier molecular flexibility index (Phi) is 4.08. The molecule has 0 aromatic heterocycles. The molecule has 100 valence electrons. The second-order valence-electron chi connectivity index (χ2n) is 6.11. The van der Waals surface area contributed by atoms with Crippen LogP contribution in [0.15, 0.2) is 30.3 Å². The molecule has 0 spiro atoms. The Bertz CT molecular complexity index is 368. The van der Waals surface area contributed by atoms with Gasteiger partial charge in [-0.2, -0.15) is 0 Å². The van der Waals surface area contributed by atoms with Crippen molar-refractivity contribution >= 4 is 0 Å². The van der Waals surface area contributed by atoms with Gasteiger partial charge in [0, 0.05) is 6.54 Å². The van der Waals surface area contributed by atoms with Crippen LogP contribution >= 0.6 is 0 Å². The third-order valence-corrected chi connectivity index (χ3v) is 4.44. The molecule has 0 heterocycles. The molecule has 2 nitrogen and oxygen atoms in total. The maximum atomic E-state index is 11.0. The van der Waals surface area contributed by atoms with Crippen LogP contribution in [0.4, 0.5) is 0 Å². The van der Waals surface area contributed by atoms with Crippen molar-refractivity contribution in [3.63, 3.8) is 0 Å². The smallest absolute Gasteiger partial charge is 0.105 e. The topological polar surface area (TPSA) is 46.2 Å². The van der Waals surface area contributed by atoms with Gasteiger partial charge < -0.3 is 10.8 Å². The monoisotopic (exact) mass is 247 g/mol. The molecule has 3 unspecified atom stereocenters. The lowest BCUT2D eigenvalue weighted by Gasteiger charge is -2.42. The van der Waals surface area contributed by atoms with E-state index in [9.17, 15) is 5.11 Å².